The quantitative estimate of drug-likeness (QED) is 0.776. The molecule has 2 aliphatic rings. The minimum absolute atomic E-state index is 0.111. The fourth-order valence-electron chi connectivity index (χ4n) is 4.72. The number of nitrogens with two attached hydrogens (primary N) is 1. The van der Waals surface area contributed by atoms with E-state index in [1.807, 2.05) is 19.9 Å². The van der Waals surface area contributed by atoms with Crippen LogP contribution in [-0.2, 0) is 0 Å². The molecule has 1 aliphatic heterocycles. The zero-order valence-electron chi connectivity index (χ0n) is 18.1. The number of anilines is 1. The molecule has 0 spiro atoms. The maximum atomic E-state index is 14.2. The molecule has 1 aromatic heterocycles. The molecule has 0 bridgehead atoms. The molecular weight excluding hydrogens is 379 g/mol. The van der Waals surface area contributed by atoms with Crippen molar-refractivity contribution in [2.45, 2.75) is 64.0 Å². The Balaban J connectivity index is 1.81. The lowest BCUT2D eigenvalue weighted by Gasteiger charge is -2.42. The van der Waals surface area contributed by atoms with Crippen LogP contribution < -0.4 is 16.0 Å². The summed E-state index contributed by atoms with van der Waals surface area (Å²) in [4.78, 5) is 19.9. The normalized spacial score (nSPS) is 22.6. The predicted octanol–water partition coefficient (Wildman–Crippen LogP) is 4.19. The maximum absolute atomic E-state index is 14.2. The number of rotatable bonds is 5. The summed E-state index contributed by atoms with van der Waals surface area (Å²) in [5.74, 6) is -0.407. The maximum Gasteiger partial charge on any atom is 0.255 e. The first-order chi connectivity index (χ1) is 14.2. The first kappa shape index (κ1) is 20.8. The van der Waals surface area contributed by atoms with Crippen molar-refractivity contribution in [3.05, 3.63) is 47.5 Å². The molecule has 6 heteroatoms. The number of hydrogen-bond donors (Lipinski definition) is 2. The van der Waals surface area contributed by atoms with Crippen molar-refractivity contribution in [2.24, 2.45) is 5.73 Å². The van der Waals surface area contributed by atoms with Crippen molar-refractivity contribution >= 4 is 11.6 Å². The summed E-state index contributed by atoms with van der Waals surface area (Å²) in [6.07, 6.45) is 8.25. The van der Waals surface area contributed by atoms with Gasteiger partial charge in [-0.2, -0.15) is 0 Å². The van der Waals surface area contributed by atoms with E-state index in [9.17, 15) is 9.18 Å². The third-order valence-electron chi connectivity index (χ3n) is 6.70. The number of aryl methyl sites for hydroxylation is 1. The van der Waals surface area contributed by atoms with Crippen molar-refractivity contribution in [2.75, 3.05) is 18.0 Å². The minimum atomic E-state index is -0.329. The van der Waals surface area contributed by atoms with Crippen molar-refractivity contribution < 1.29 is 9.18 Å². The van der Waals surface area contributed by atoms with E-state index in [4.69, 9.17) is 5.73 Å². The highest BCUT2D eigenvalue weighted by Gasteiger charge is 2.38. The molecule has 1 aliphatic carbocycles. The molecule has 0 radical (unpaired) electrons. The number of pyridine rings is 1. The Morgan fingerprint density at radius 2 is 2.03 bits per heavy atom. The number of benzene rings is 1. The third-order valence-corrected chi connectivity index (χ3v) is 6.70. The largest absolute Gasteiger partial charge is 0.368 e. The van der Waals surface area contributed by atoms with E-state index in [-0.39, 0.29) is 22.8 Å². The molecule has 1 amide bonds. The second-order valence-electron chi connectivity index (χ2n) is 9.37. The van der Waals surface area contributed by atoms with E-state index in [2.05, 4.69) is 22.1 Å². The van der Waals surface area contributed by atoms with Gasteiger partial charge < -0.3 is 16.0 Å². The molecular formula is C24H31FN4O. The Morgan fingerprint density at radius 3 is 2.60 bits per heavy atom. The van der Waals surface area contributed by atoms with Crippen LogP contribution in [0.4, 0.5) is 10.1 Å². The lowest BCUT2D eigenvalue weighted by molar-refractivity contribution is 0.0820. The Morgan fingerprint density at radius 1 is 1.27 bits per heavy atom. The van der Waals surface area contributed by atoms with Crippen LogP contribution in [-0.4, -0.2) is 35.1 Å². The van der Waals surface area contributed by atoms with Gasteiger partial charge in [0.1, 0.15) is 5.82 Å². The number of carbonyl (C=O) groups excluding carboxylic acids is 1. The molecule has 2 heterocycles. The zero-order chi connectivity index (χ0) is 21.5. The highest BCUT2D eigenvalue weighted by Crippen LogP contribution is 2.39. The number of nitrogens with zero attached hydrogens (tertiary/aromatic N) is 2. The first-order valence-electron chi connectivity index (χ1n) is 10.8. The van der Waals surface area contributed by atoms with Gasteiger partial charge in [-0.1, -0.05) is 13.0 Å². The van der Waals surface area contributed by atoms with Gasteiger partial charge in [0, 0.05) is 42.1 Å². The molecule has 0 unspecified atom stereocenters. The fraction of sp³-hybridized carbons (Fsp3) is 0.500. The minimum Gasteiger partial charge on any atom is -0.368 e. The summed E-state index contributed by atoms with van der Waals surface area (Å²) in [6, 6.07) is 4.94. The molecule has 1 saturated heterocycles. The van der Waals surface area contributed by atoms with Crippen molar-refractivity contribution in [3.8, 4) is 11.1 Å². The van der Waals surface area contributed by atoms with Crippen LogP contribution in [0, 0.1) is 12.7 Å². The number of hydrogen-bond acceptors (Lipinski definition) is 4. The molecule has 1 aromatic carbocycles. The van der Waals surface area contributed by atoms with Crippen LogP contribution in [0.3, 0.4) is 0 Å². The molecule has 5 nitrogen and oxygen atoms in total. The zero-order valence-corrected chi connectivity index (χ0v) is 18.1. The van der Waals surface area contributed by atoms with Gasteiger partial charge in [0.2, 0.25) is 0 Å². The summed E-state index contributed by atoms with van der Waals surface area (Å²) in [5, 5.41) is 3.27. The van der Waals surface area contributed by atoms with Crippen molar-refractivity contribution in [1.29, 1.82) is 0 Å². The number of nitrogens with one attached hydrogen (secondary N) is 1. The van der Waals surface area contributed by atoms with Crippen LogP contribution in [0.25, 0.3) is 11.1 Å². The molecule has 30 heavy (non-hydrogen) atoms. The van der Waals surface area contributed by atoms with Gasteiger partial charge in [0.25, 0.3) is 5.91 Å². The van der Waals surface area contributed by atoms with E-state index < -0.39 is 0 Å². The summed E-state index contributed by atoms with van der Waals surface area (Å²) >= 11 is 0. The number of halogens is 1. The standard InChI is InChI=1S/C24H31FN4O/c1-4-24(6-5-7-24)28-22(30)20-14-27-13-19(17-10-16(2)11-18(25)12-17)21(20)29-9-8-23(3,26)15-29/h10-14H,4-9,15,26H2,1-3H3,(H,28,30)/t23-/m0/s1. The smallest absolute Gasteiger partial charge is 0.255 e. The lowest BCUT2D eigenvalue weighted by atomic mass is 9.74. The molecule has 2 aromatic rings. The Kier molecular flexibility index (Phi) is 5.30. The Bertz CT molecular complexity index is 942. The highest BCUT2D eigenvalue weighted by atomic mass is 19.1. The topological polar surface area (TPSA) is 71.2 Å². The van der Waals surface area contributed by atoms with Crippen LogP contribution in [0.15, 0.2) is 30.6 Å². The summed E-state index contributed by atoms with van der Waals surface area (Å²) in [5.41, 5.74) is 9.61. The van der Waals surface area contributed by atoms with Gasteiger partial charge in [0.15, 0.2) is 0 Å². The number of aromatic nitrogens is 1. The first-order valence-corrected chi connectivity index (χ1v) is 10.8. The SMILES string of the molecule is CCC1(NC(=O)c2cncc(-c3cc(C)cc(F)c3)c2N2CC[C@](C)(N)C2)CCC1. The molecule has 2 fully saturated rings. The van der Waals surface area contributed by atoms with Crippen molar-refractivity contribution in [3.63, 3.8) is 0 Å². The average molecular weight is 411 g/mol. The summed E-state index contributed by atoms with van der Waals surface area (Å²) in [7, 11) is 0. The van der Waals surface area contributed by atoms with Crippen LogP contribution >= 0.6 is 0 Å². The molecule has 3 N–H and O–H groups in total. The molecule has 1 saturated carbocycles. The van der Waals surface area contributed by atoms with Crippen LogP contribution in [0.2, 0.25) is 0 Å². The van der Waals surface area contributed by atoms with Gasteiger partial charge >= 0.3 is 0 Å². The van der Waals surface area contributed by atoms with Crippen LogP contribution in [0.5, 0.6) is 0 Å². The third kappa shape index (κ3) is 3.93. The summed E-state index contributed by atoms with van der Waals surface area (Å²) < 4.78 is 14.2. The van der Waals surface area contributed by atoms with E-state index in [1.165, 1.54) is 12.1 Å². The number of amides is 1. The second kappa shape index (κ2) is 7.65. The summed E-state index contributed by atoms with van der Waals surface area (Å²) in [6.45, 7) is 7.39. The predicted molar refractivity (Wildman–Crippen MR) is 118 cm³/mol. The molecule has 1 atom stereocenters. The van der Waals surface area contributed by atoms with Crippen LogP contribution in [0.1, 0.15) is 61.9 Å². The average Bonchev–Trinajstić information content (AvgIpc) is 3.02. The molecule has 4 rings (SSSR count). The fourth-order valence-corrected chi connectivity index (χ4v) is 4.72. The van der Waals surface area contributed by atoms with Gasteiger partial charge in [-0.15, -0.1) is 0 Å². The monoisotopic (exact) mass is 410 g/mol. The van der Waals surface area contributed by atoms with E-state index in [0.29, 0.717) is 12.1 Å². The second-order valence-corrected chi connectivity index (χ2v) is 9.37. The lowest BCUT2D eigenvalue weighted by Crippen LogP contribution is -2.53. The van der Waals surface area contributed by atoms with E-state index in [0.717, 1.165) is 61.0 Å². The van der Waals surface area contributed by atoms with Gasteiger partial charge in [-0.05, 0) is 69.2 Å². The highest BCUT2D eigenvalue weighted by molar-refractivity contribution is 6.03. The van der Waals surface area contributed by atoms with E-state index in [1.54, 1.807) is 12.4 Å². The van der Waals surface area contributed by atoms with E-state index >= 15 is 0 Å². The van der Waals surface area contributed by atoms with Gasteiger partial charge in [0.05, 0.1) is 11.3 Å². The van der Waals surface area contributed by atoms with Crippen molar-refractivity contribution in [1.82, 2.24) is 10.3 Å². The Labute approximate surface area is 177 Å². The Hall–Kier alpha value is -2.47. The van der Waals surface area contributed by atoms with Gasteiger partial charge in [-0.3, -0.25) is 9.78 Å². The number of carbonyl (C=O) groups is 1. The molecule has 160 valence electrons. The van der Waals surface area contributed by atoms with Gasteiger partial charge in [-0.25, -0.2) is 4.39 Å².